The predicted molar refractivity (Wildman–Crippen MR) is 135 cm³/mol. The first kappa shape index (κ1) is 25.2. The smallest absolute Gasteiger partial charge is 0.191 e. The number of unbranched alkanes of at least 4 members (excludes halogenated alkanes) is 2. The van der Waals surface area contributed by atoms with Crippen LogP contribution in [0.25, 0.3) is 0 Å². The lowest BCUT2D eigenvalue weighted by molar-refractivity contribution is 0.0264. The molecule has 1 aliphatic carbocycles. The molecule has 0 amide bonds. The van der Waals surface area contributed by atoms with Crippen molar-refractivity contribution >= 4 is 35.6 Å². The first-order chi connectivity index (χ1) is 14.2. The van der Waals surface area contributed by atoms with Crippen molar-refractivity contribution in [2.45, 2.75) is 76.4 Å². The van der Waals surface area contributed by atoms with E-state index in [9.17, 15) is 0 Å². The van der Waals surface area contributed by atoms with Crippen molar-refractivity contribution in [3.05, 3.63) is 12.4 Å². The molecule has 3 rings (SSSR count). The Balaban J connectivity index is 0.00000320. The molecule has 1 aliphatic heterocycles. The lowest BCUT2D eigenvalue weighted by Gasteiger charge is -2.34. The molecule has 2 N–H and O–H groups in total. The lowest BCUT2D eigenvalue weighted by Crippen LogP contribution is -2.51. The Morgan fingerprint density at radius 2 is 2.00 bits per heavy atom. The van der Waals surface area contributed by atoms with Crippen molar-refractivity contribution in [3.63, 3.8) is 0 Å². The second-order valence-electron chi connectivity index (χ2n) is 8.49. The third kappa shape index (κ3) is 8.61. The highest BCUT2D eigenvalue weighted by Gasteiger charge is 2.21. The lowest BCUT2D eigenvalue weighted by atomic mass is 9.98. The highest BCUT2D eigenvalue weighted by atomic mass is 127. The molecule has 0 bridgehead atoms. The second kappa shape index (κ2) is 14.1. The van der Waals surface area contributed by atoms with E-state index >= 15 is 0 Å². The Kier molecular flexibility index (Phi) is 11.9. The van der Waals surface area contributed by atoms with Crippen LogP contribution in [0.3, 0.4) is 0 Å². The van der Waals surface area contributed by atoms with Gasteiger partial charge in [0.1, 0.15) is 0 Å². The summed E-state index contributed by atoms with van der Waals surface area (Å²) in [5.74, 6) is 0.918. The summed E-state index contributed by atoms with van der Waals surface area (Å²) >= 11 is 0. The number of nitrogens with zero attached hydrogens (tertiary/aromatic N) is 4. The third-order valence-electron chi connectivity index (χ3n) is 6.06. The summed E-state index contributed by atoms with van der Waals surface area (Å²) in [6.07, 6.45) is 17.1. The van der Waals surface area contributed by atoms with Gasteiger partial charge >= 0.3 is 0 Å². The zero-order valence-corrected chi connectivity index (χ0v) is 21.1. The van der Waals surface area contributed by atoms with E-state index in [2.05, 4.69) is 31.8 Å². The third-order valence-corrected chi connectivity index (χ3v) is 6.06. The standard InChI is InChI=1S/C22H40N6O.HI/c1-23-22(24-13-7-4-8-15-29-21-11-5-3-6-12-21)26-19-10-9-14-28(17-19)20-16-25-27(2)18-20;/h16,18-19,21H,3-15,17H2,1-2H3,(H2,23,24,26);1H. The Bertz CT molecular complexity index is 617. The van der Waals surface area contributed by atoms with Gasteiger partial charge < -0.3 is 20.3 Å². The van der Waals surface area contributed by atoms with E-state index < -0.39 is 0 Å². The van der Waals surface area contributed by atoms with E-state index in [1.54, 1.807) is 0 Å². The van der Waals surface area contributed by atoms with Gasteiger partial charge in [-0.15, -0.1) is 24.0 Å². The molecule has 1 aromatic rings. The number of anilines is 1. The molecule has 0 spiro atoms. The molecular weight excluding hydrogens is 491 g/mol. The molecule has 0 radical (unpaired) electrons. The van der Waals surface area contributed by atoms with Crippen LogP contribution in [-0.2, 0) is 11.8 Å². The van der Waals surface area contributed by atoms with E-state index in [0.29, 0.717) is 12.1 Å². The van der Waals surface area contributed by atoms with Crippen molar-refractivity contribution in [1.29, 1.82) is 0 Å². The molecule has 1 unspecified atom stereocenters. The van der Waals surface area contributed by atoms with Crippen LogP contribution in [0.1, 0.15) is 64.2 Å². The SMILES string of the molecule is CN=C(NCCCCCOC1CCCCC1)NC1CCCN(c2cnn(C)c2)C1.I. The fraction of sp³-hybridized carbons (Fsp3) is 0.818. The second-order valence-corrected chi connectivity index (χ2v) is 8.49. The van der Waals surface area contributed by atoms with Crippen molar-refractivity contribution in [1.82, 2.24) is 20.4 Å². The van der Waals surface area contributed by atoms with Gasteiger partial charge in [-0.25, -0.2) is 0 Å². The Morgan fingerprint density at radius 3 is 2.73 bits per heavy atom. The minimum Gasteiger partial charge on any atom is -0.378 e. The molecule has 2 aliphatic rings. The van der Waals surface area contributed by atoms with E-state index in [-0.39, 0.29) is 24.0 Å². The highest BCUT2D eigenvalue weighted by molar-refractivity contribution is 14.0. The number of aryl methyl sites for hydroxylation is 1. The number of guanidine groups is 1. The van der Waals surface area contributed by atoms with Gasteiger partial charge in [-0.1, -0.05) is 19.3 Å². The number of aromatic nitrogens is 2. The van der Waals surface area contributed by atoms with Gasteiger partial charge in [0.05, 0.1) is 18.0 Å². The summed E-state index contributed by atoms with van der Waals surface area (Å²) in [6, 6.07) is 0.416. The van der Waals surface area contributed by atoms with Gasteiger partial charge in [-0.05, 0) is 44.9 Å². The van der Waals surface area contributed by atoms with Crippen LogP contribution in [0, 0.1) is 0 Å². The topological polar surface area (TPSA) is 66.7 Å². The minimum absolute atomic E-state index is 0. The summed E-state index contributed by atoms with van der Waals surface area (Å²) in [5, 5.41) is 11.4. The number of piperidine rings is 1. The molecule has 1 atom stereocenters. The molecule has 7 nitrogen and oxygen atoms in total. The quantitative estimate of drug-likeness (QED) is 0.220. The maximum absolute atomic E-state index is 6.01. The van der Waals surface area contributed by atoms with Gasteiger partial charge in [-0.2, -0.15) is 5.10 Å². The molecule has 1 saturated heterocycles. The molecule has 30 heavy (non-hydrogen) atoms. The molecule has 2 heterocycles. The first-order valence-electron chi connectivity index (χ1n) is 11.6. The van der Waals surface area contributed by atoms with Crippen molar-refractivity contribution in [2.75, 3.05) is 38.2 Å². The number of hydrogen-bond donors (Lipinski definition) is 2. The maximum Gasteiger partial charge on any atom is 0.191 e. The fourth-order valence-corrected chi connectivity index (χ4v) is 4.38. The van der Waals surface area contributed by atoms with Crippen LogP contribution in [0.15, 0.2) is 17.4 Å². The van der Waals surface area contributed by atoms with Crippen LogP contribution < -0.4 is 15.5 Å². The van der Waals surface area contributed by atoms with Crippen LogP contribution in [0.5, 0.6) is 0 Å². The Labute approximate surface area is 199 Å². The van der Waals surface area contributed by atoms with E-state index in [1.807, 2.05) is 25.0 Å². The molecule has 1 saturated carbocycles. The zero-order chi connectivity index (χ0) is 20.3. The van der Waals surface area contributed by atoms with Crippen molar-refractivity contribution < 1.29 is 4.74 Å². The molecule has 172 valence electrons. The van der Waals surface area contributed by atoms with E-state index in [0.717, 1.165) is 45.0 Å². The molecule has 8 heteroatoms. The van der Waals surface area contributed by atoms with Gasteiger partial charge in [0.15, 0.2) is 5.96 Å². The first-order valence-corrected chi connectivity index (χ1v) is 11.6. The van der Waals surface area contributed by atoms with E-state index in [4.69, 9.17) is 4.74 Å². The number of hydrogen-bond acceptors (Lipinski definition) is 4. The number of ether oxygens (including phenoxy) is 1. The highest BCUT2D eigenvalue weighted by Crippen LogP contribution is 2.20. The normalized spacial score (nSPS) is 20.7. The summed E-state index contributed by atoms with van der Waals surface area (Å²) in [6.45, 7) is 3.97. The van der Waals surface area contributed by atoms with Gasteiger partial charge in [-0.3, -0.25) is 9.67 Å². The largest absolute Gasteiger partial charge is 0.378 e. The molecule has 1 aromatic heterocycles. The van der Waals surface area contributed by atoms with Gasteiger partial charge in [0, 0.05) is 52.6 Å². The number of rotatable bonds is 9. The number of nitrogens with one attached hydrogen (secondary N) is 2. The average Bonchev–Trinajstić information content (AvgIpc) is 3.19. The Morgan fingerprint density at radius 1 is 1.17 bits per heavy atom. The fourth-order valence-electron chi connectivity index (χ4n) is 4.38. The minimum atomic E-state index is 0. The van der Waals surface area contributed by atoms with Crippen molar-refractivity contribution in [2.24, 2.45) is 12.0 Å². The molecule has 2 fully saturated rings. The Hall–Kier alpha value is -1.03. The van der Waals surface area contributed by atoms with Crippen LogP contribution in [0.2, 0.25) is 0 Å². The number of aliphatic imine (C=N–C) groups is 1. The summed E-state index contributed by atoms with van der Waals surface area (Å²) in [7, 11) is 3.83. The van der Waals surface area contributed by atoms with Crippen LogP contribution in [-0.4, -0.2) is 61.2 Å². The number of halogens is 1. The molecule has 0 aromatic carbocycles. The predicted octanol–water partition coefficient (Wildman–Crippen LogP) is 3.69. The summed E-state index contributed by atoms with van der Waals surface area (Å²) < 4.78 is 7.88. The average molecular weight is 533 g/mol. The molecular formula is C22H41IN6O. The van der Waals surface area contributed by atoms with Gasteiger partial charge in [0.2, 0.25) is 0 Å². The maximum atomic E-state index is 6.01. The summed E-state index contributed by atoms with van der Waals surface area (Å²) in [5.41, 5.74) is 1.21. The van der Waals surface area contributed by atoms with E-state index in [1.165, 1.54) is 57.1 Å². The zero-order valence-electron chi connectivity index (χ0n) is 18.8. The van der Waals surface area contributed by atoms with Crippen LogP contribution in [0.4, 0.5) is 5.69 Å². The van der Waals surface area contributed by atoms with Gasteiger partial charge in [0.25, 0.3) is 0 Å². The summed E-state index contributed by atoms with van der Waals surface area (Å²) in [4.78, 5) is 6.82. The van der Waals surface area contributed by atoms with Crippen LogP contribution >= 0.6 is 24.0 Å². The monoisotopic (exact) mass is 532 g/mol. The van der Waals surface area contributed by atoms with Crippen molar-refractivity contribution in [3.8, 4) is 0 Å².